The van der Waals surface area contributed by atoms with E-state index in [4.69, 9.17) is 0 Å². The van der Waals surface area contributed by atoms with Gasteiger partial charge in [-0.3, -0.25) is 0 Å². The van der Waals surface area contributed by atoms with Crippen LogP contribution >= 0.6 is 24.8 Å². The van der Waals surface area contributed by atoms with E-state index in [9.17, 15) is 0 Å². The average Bonchev–Trinajstić information content (AvgIpc) is 2.72. The van der Waals surface area contributed by atoms with Crippen LogP contribution in [-0.2, 0) is 17.4 Å². The molecule has 0 N–H and O–H groups in total. The molecule has 0 atom stereocenters. The molecule has 108 valence electrons. The van der Waals surface area contributed by atoms with Gasteiger partial charge in [-0.2, -0.15) is 0 Å². The van der Waals surface area contributed by atoms with E-state index in [-0.39, 0.29) is 24.8 Å². The molecule has 0 bridgehead atoms. The largest absolute Gasteiger partial charge is 0.147 e. The monoisotopic (exact) mass is 394 g/mol. The molecule has 2 aliphatic carbocycles. The van der Waals surface area contributed by atoms with E-state index in [0.717, 1.165) is 0 Å². The molecule has 0 radical (unpaired) electrons. The van der Waals surface area contributed by atoms with E-state index in [1.807, 2.05) is 6.56 Å². The minimum atomic E-state index is -2.80. The van der Waals surface area contributed by atoms with Gasteiger partial charge in [0.1, 0.15) is 0 Å². The van der Waals surface area contributed by atoms with Gasteiger partial charge < -0.3 is 0 Å². The Labute approximate surface area is 132 Å². The van der Waals surface area contributed by atoms with Crippen LogP contribution < -0.4 is 0 Å². The number of hydrogen-bond donors (Lipinski definition) is 0. The van der Waals surface area contributed by atoms with Crippen molar-refractivity contribution in [2.24, 2.45) is 0 Å². The fraction of sp³-hybridized carbons (Fsp3) is 0.467. The summed E-state index contributed by atoms with van der Waals surface area (Å²) in [5.41, 5.74) is 4.68. The van der Waals surface area contributed by atoms with Crippen molar-refractivity contribution in [1.29, 1.82) is 0 Å². The predicted molar refractivity (Wildman–Crippen MR) is 92.3 cm³/mol. The third-order valence-electron chi connectivity index (χ3n) is 4.50. The summed E-state index contributed by atoms with van der Waals surface area (Å²) in [5.74, 6) is 0. The normalized spacial score (nSPS) is 19.4. The topological polar surface area (TPSA) is 0 Å². The van der Waals surface area contributed by atoms with Gasteiger partial charge in [0.05, 0.1) is 0 Å². The van der Waals surface area contributed by atoms with Crippen LogP contribution in [0.3, 0.4) is 0 Å². The molecule has 2 aliphatic rings. The first kappa shape index (κ1) is 19.6. The summed E-state index contributed by atoms with van der Waals surface area (Å²) in [4.78, 5) is 0. The second-order valence-corrected chi connectivity index (χ2v) is 35.5. The zero-order valence-corrected chi connectivity index (χ0v) is 18.2. The van der Waals surface area contributed by atoms with Crippen LogP contribution in [0.5, 0.6) is 0 Å². The molecule has 0 spiro atoms. The molecule has 0 nitrogen and oxygen atoms in total. The zero-order valence-electron chi connectivity index (χ0n) is 12.7. The molecule has 0 fully saturated rings. The van der Waals surface area contributed by atoms with E-state index in [2.05, 4.69) is 55.1 Å². The molecule has 4 heteroatoms. The number of allylic oxidation sites excluding steroid dienone is 8. The first-order valence-electron chi connectivity index (χ1n) is 6.52. The van der Waals surface area contributed by atoms with Crippen molar-refractivity contribution >= 4 is 31.7 Å². The van der Waals surface area contributed by atoms with Gasteiger partial charge in [0.25, 0.3) is 0 Å². The summed E-state index contributed by atoms with van der Waals surface area (Å²) in [6.45, 7) is 9.26. The molecule has 2 rings (SSSR count). The molecule has 0 aromatic rings. The molecule has 0 amide bonds. The molecule has 0 aliphatic heterocycles. The second kappa shape index (κ2) is 6.18. The predicted octanol–water partition coefficient (Wildman–Crippen LogP) is 5.02. The van der Waals surface area contributed by atoms with Crippen LogP contribution in [0, 0.1) is 0 Å². The minimum Gasteiger partial charge on any atom is -0.147 e. The van der Waals surface area contributed by atoms with E-state index in [1.165, 1.54) is 12.8 Å². The fourth-order valence-electron chi connectivity index (χ4n) is 3.60. The quantitative estimate of drug-likeness (QED) is 0.575. The van der Waals surface area contributed by atoms with Crippen molar-refractivity contribution in [2.75, 3.05) is 0 Å². The van der Waals surface area contributed by atoms with E-state index in [1.54, 1.807) is 16.7 Å². The summed E-state index contributed by atoms with van der Waals surface area (Å²) in [5, 5.41) is 0. The van der Waals surface area contributed by atoms with Gasteiger partial charge in [-0.15, -0.1) is 24.8 Å². The third-order valence-corrected chi connectivity index (χ3v) is 21.9. The number of hydrogen-bond acceptors (Lipinski definition) is 0. The van der Waals surface area contributed by atoms with Gasteiger partial charge >= 0.3 is 109 Å². The van der Waals surface area contributed by atoms with Crippen molar-refractivity contribution in [3.63, 3.8) is 0 Å². The van der Waals surface area contributed by atoms with Crippen LogP contribution in [0.2, 0.25) is 9.26 Å². The van der Waals surface area contributed by atoms with Crippen LogP contribution in [0.15, 0.2) is 41.5 Å². The molecule has 0 saturated heterocycles. The van der Waals surface area contributed by atoms with E-state index >= 15 is 0 Å². The van der Waals surface area contributed by atoms with Crippen LogP contribution in [0.25, 0.3) is 0 Å². The molecular weight excluding hydrogens is 370 g/mol. The van der Waals surface area contributed by atoms with E-state index < -0.39 is 17.4 Å². The molecule has 0 aromatic heterocycles. The summed E-state index contributed by atoms with van der Waals surface area (Å²) in [6.07, 6.45) is 9.54. The van der Waals surface area contributed by atoms with E-state index in [0.29, 0.717) is 0 Å². The Morgan fingerprint density at radius 2 is 1.58 bits per heavy atom. The first-order valence-corrected chi connectivity index (χ1v) is 19.8. The fourth-order valence-corrected chi connectivity index (χ4v) is 20.0. The Morgan fingerprint density at radius 3 is 1.95 bits per heavy atom. The van der Waals surface area contributed by atoms with Crippen molar-refractivity contribution in [3.8, 4) is 0 Å². The van der Waals surface area contributed by atoms with Gasteiger partial charge in [-0.25, -0.2) is 0 Å². The number of halogens is 2. The maximum absolute atomic E-state index is 2.80. The van der Waals surface area contributed by atoms with Gasteiger partial charge in [0, 0.05) is 0 Å². The molecule has 19 heavy (non-hydrogen) atoms. The molecule has 0 heterocycles. The maximum Gasteiger partial charge on any atom is -0.147 e. The standard InChI is InChI=1S/C7H9.C6H7.2CH3.2ClH.H2Si.Zr/c1-6-3-4-7(2)5-6;1-6-4-2-3-5-6;;;;;;/h5H,3H2,1-2H3;2,4H,3H2,1H3;2*1H3;2*1H;1H2;. The molecular formula is C15H26Cl2SiZr. The Hall–Kier alpha value is 0.640. The van der Waals surface area contributed by atoms with Crippen LogP contribution in [0.1, 0.15) is 33.6 Å². The Balaban J connectivity index is 0.00000162. The average molecular weight is 397 g/mol. The molecule has 0 saturated carbocycles. The van der Waals surface area contributed by atoms with Gasteiger partial charge in [-0.1, -0.05) is 0 Å². The second-order valence-electron chi connectivity index (χ2n) is 6.78. The number of rotatable bonds is 2. The van der Waals surface area contributed by atoms with Gasteiger partial charge in [0.2, 0.25) is 0 Å². The summed E-state index contributed by atoms with van der Waals surface area (Å²) >= 11 is -2.80. The molecule has 0 aromatic carbocycles. The minimum absolute atomic E-state index is 0. The maximum atomic E-state index is 2.62. The summed E-state index contributed by atoms with van der Waals surface area (Å²) in [6, 6.07) is 0. The summed E-state index contributed by atoms with van der Waals surface area (Å²) in [7, 11) is 0. The first-order chi connectivity index (χ1) is 7.71. The third kappa shape index (κ3) is 3.46. The smallest absolute Gasteiger partial charge is 0.147 e. The van der Waals surface area contributed by atoms with Crippen LogP contribution in [0.4, 0.5) is 0 Å². The van der Waals surface area contributed by atoms with Crippen molar-refractivity contribution in [1.82, 2.24) is 0 Å². The SMILES string of the molecule is CC1=CC(C)=[C]([Zr]([CH3])([CH3])(=[SiH2])[C]2=C(C)C=CC2)C1.Cl.Cl. The van der Waals surface area contributed by atoms with Crippen molar-refractivity contribution < 1.29 is 17.4 Å². The Morgan fingerprint density at radius 1 is 1.00 bits per heavy atom. The van der Waals surface area contributed by atoms with Crippen LogP contribution in [-0.4, -0.2) is 6.88 Å². The van der Waals surface area contributed by atoms with Crippen molar-refractivity contribution in [3.05, 3.63) is 41.5 Å². The Kier molecular flexibility index (Phi) is 6.39. The zero-order chi connectivity index (χ0) is 12.9. The Bertz CT molecular complexity index is 571. The van der Waals surface area contributed by atoms with Crippen molar-refractivity contribution in [2.45, 2.75) is 42.9 Å². The molecule has 0 unspecified atom stereocenters. The van der Waals surface area contributed by atoms with Gasteiger partial charge in [-0.05, 0) is 0 Å². The summed E-state index contributed by atoms with van der Waals surface area (Å²) < 4.78 is 8.87. The van der Waals surface area contributed by atoms with Gasteiger partial charge in [0.15, 0.2) is 0 Å².